The molecular formula is C17H27N3O2. The van der Waals surface area contributed by atoms with Crippen LogP contribution in [0.1, 0.15) is 38.3 Å². The molecule has 0 atom stereocenters. The number of rotatable bonds is 3. The number of nitrogens with one attached hydrogen (secondary N) is 1. The minimum atomic E-state index is -0.300. The molecule has 2 saturated heterocycles. The Bertz CT molecular complexity index is 541. The summed E-state index contributed by atoms with van der Waals surface area (Å²) in [5, 5.41) is 9.28. The summed E-state index contributed by atoms with van der Waals surface area (Å²) in [6.45, 7) is 7.81. The molecule has 2 N–H and O–H groups in total. The molecule has 22 heavy (non-hydrogen) atoms. The lowest BCUT2D eigenvalue weighted by molar-refractivity contribution is 0.0775. The lowest BCUT2D eigenvalue weighted by Gasteiger charge is -2.41. The largest absolute Gasteiger partial charge is 0.503 e. The predicted molar refractivity (Wildman–Crippen MR) is 87.0 cm³/mol. The Morgan fingerprint density at radius 3 is 2.50 bits per heavy atom. The van der Waals surface area contributed by atoms with Gasteiger partial charge in [0.1, 0.15) is 0 Å². The molecule has 3 heterocycles. The summed E-state index contributed by atoms with van der Waals surface area (Å²) in [5.41, 5.74) is 0.583. The van der Waals surface area contributed by atoms with Crippen molar-refractivity contribution < 1.29 is 5.11 Å². The van der Waals surface area contributed by atoms with Gasteiger partial charge in [-0.05, 0) is 44.7 Å². The van der Waals surface area contributed by atoms with Crippen LogP contribution in [0.25, 0.3) is 0 Å². The standard InChI is InChI=1S/C17H27N3O2/c1-13-2-8-20(9-3-13)15-4-6-19(7-5-15)12-14-10-16(21)17(22)11-18-14/h10-11,13,15,22H,2-9,12H2,1H3,(H,18,21). The highest BCUT2D eigenvalue weighted by molar-refractivity contribution is 5.18. The number of aromatic nitrogens is 1. The number of H-pyrrole nitrogens is 1. The zero-order valence-corrected chi connectivity index (χ0v) is 13.4. The van der Waals surface area contributed by atoms with E-state index in [9.17, 15) is 9.90 Å². The number of hydrogen-bond acceptors (Lipinski definition) is 4. The SMILES string of the molecule is CC1CCN(C2CCN(Cc3cc(=O)c(O)c[nH]3)CC2)CC1. The Balaban J connectivity index is 1.49. The van der Waals surface area contributed by atoms with Gasteiger partial charge >= 0.3 is 0 Å². The van der Waals surface area contributed by atoms with Crippen LogP contribution < -0.4 is 5.43 Å². The number of aromatic amines is 1. The second-order valence-corrected chi connectivity index (χ2v) is 6.93. The highest BCUT2D eigenvalue weighted by atomic mass is 16.3. The molecule has 2 aliphatic rings. The zero-order valence-electron chi connectivity index (χ0n) is 13.4. The average molecular weight is 305 g/mol. The van der Waals surface area contributed by atoms with Gasteiger partial charge < -0.3 is 15.0 Å². The Morgan fingerprint density at radius 1 is 1.18 bits per heavy atom. The quantitative estimate of drug-likeness (QED) is 0.893. The minimum absolute atomic E-state index is 0.207. The van der Waals surface area contributed by atoms with E-state index in [1.807, 2.05) is 0 Å². The molecule has 0 spiro atoms. The third-order valence-electron chi connectivity index (χ3n) is 5.24. The number of piperidine rings is 2. The predicted octanol–water partition coefficient (Wildman–Crippen LogP) is 1.78. The van der Waals surface area contributed by atoms with Gasteiger partial charge in [0.2, 0.25) is 5.43 Å². The highest BCUT2D eigenvalue weighted by Crippen LogP contribution is 2.23. The van der Waals surface area contributed by atoms with Crippen molar-refractivity contribution >= 4 is 0 Å². The summed E-state index contributed by atoms with van der Waals surface area (Å²) in [6, 6.07) is 2.25. The second kappa shape index (κ2) is 6.84. The Morgan fingerprint density at radius 2 is 1.86 bits per heavy atom. The van der Waals surface area contributed by atoms with Gasteiger partial charge in [-0.3, -0.25) is 9.69 Å². The molecule has 1 aromatic rings. The van der Waals surface area contributed by atoms with Crippen LogP contribution in [0.2, 0.25) is 0 Å². The fourth-order valence-electron chi connectivity index (χ4n) is 3.67. The first kappa shape index (κ1) is 15.6. The molecule has 2 fully saturated rings. The smallest absolute Gasteiger partial charge is 0.223 e. The maximum atomic E-state index is 11.5. The van der Waals surface area contributed by atoms with Crippen molar-refractivity contribution in [3.8, 4) is 5.75 Å². The van der Waals surface area contributed by atoms with E-state index in [1.54, 1.807) is 0 Å². The van der Waals surface area contributed by atoms with Crippen LogP contribution in [0.3, 0.4) is 0 Å². The fraction of sp³-hybridized carbons (Fsp3) is 0.706. The third kappa shape index (κ3) is 3.70. The van der Waals surface area contributed by atoms with Crippen LogP contribution in [0.5, 0.6) is 5.75 Å². The van der Waals surface area contributed by atoms with Crippen LogP contribution in [-0.4, -0.2) is 52.1 Å². The number of nitrogens with zero attached hydrogens (tertiary/aromatic N) is 2. The molecule has 0 amide bonds. The van der Waals surface area contributed by atoms with Crippen molar-refractivity contribution in [2.75, 3.05) is 26.2 Å². The highest BCUT2D eigenvalue weighted by Gasteiger charge is 2.27. The number of aromatic hydroxyl groups is 1. The Hall–Kier alpha value is -1.33. The van der Waals surface area contributed by atoms with Crippen LogP contribution >= 0.6 is 0 Å². The minimum Gasteiger partial charge on any atom is -0.503 e. The lowest BCUT2D eigenvalue weighted by Crippen LogP contribution is -2.47. The van der Waals surface area contributed by atoms with Gasteiger partial charge in [-0.15, -0.1) is 0 Å². The summed E-state index contributed by atoms with van der Waals surface area (Å²) < 4.78 is 0. The third-order valence-corrected chi connectivity index (χ3v) is 5.24. The molecule has 5 heteroatoms. The molecule has 3 rings (SSSR count). The molecule has 0 aromatic carbocycles. The number of likely N-dealkylation sites (tertiary alicyclic amines) is 2. The lowest BCUT2D eigenvalue weighted by atomic mass is 9.95. The van der Waals surface area contributed by atoms with Crippen LogP contribution in [0.4, 0.5) is 0 Å². The van der Waals surface area contributed by atoms with Crippen LogP contribution in [0.15, 0.2) is 17.1 Å². The van der Waals surface area contributed by atoms with Gasteiger partial charge in [0, 0.05) is 43.6 Å². The van der Waals surface area contributed by atoms with Crippen molar-refractivity contribution in [2.45, 2.75) is 45.2 Å². The Labute approximate surface area is 131 Å². The summed E-state index contributed by atoms with van der Waals surface area (Å²) >= 11 is 0. The van der Waals surface area contributed by atoms with Gasteiger partial charge in [-0.25, -0.2) is 0 Å². The van der Waals surface area contributed by atoms with Crippen molar-refractivity contribution in [1.82, 2.24) is 14.8 Å². The number of hydrogen-bond donors (Lipinski definition) is 2. The van der Waals surface area contributed by atoms with E-state index < -0.39 is 0 Å². The first-order chi connectivity index (χ1) is 10.6. The number of pyridine rings is 1. The molecule has 0 bridgehead atoms. The zero-order chi connectivity index (χ0) is 15.5. The van der Waals surface area contributed by atoms with Crippen molar-refractivity contribution in [3.63, 3.8) is 0 Å². The molecule has 2 aliphatic heterocycles. The van der Waals surface area contributed by atoms with Crippen molar-refractivity contribution in [3.05, 3.63) is 28.2 Å². The molecular weight excluding hydrogens is 278 g/mol. The van der Waals surface area contributed by atoms with E-state index in [4.69, 9.17) is 0 Å². The van der Waals surface area contributed by atoms with E-state index >= 15 is 0 Å². The monoisotopic (exact) mass is 305 g/mol. The van der Waals surface area contributed by atoms with Gasteiger partial charge in [-0.1, -0.05) is 6.92 Å². The maximum absolute atomic E-state index is 11.5. The summed E-state index contributed by atoms with van der Waals surface area (Å²) in [5.74, 6) is 0.685. The van der Waals surface area contributed by atoms with E-state index in [1.165, 1.54) is 51.0 Å². The second-order valence-electron chi connectivity index (χ2n) is 6.93. The van der Waals surface area contributed by atoms with E-state index in [-0.39, 0.29) is 11.2 Å². The van der Waals surface area contributed by atoms with E-state index in [0.717, 1.165) is 37.3 Å². The first-order valence-electron chi connectivity index (χ1n) is 8.49. The average Bonchev–Trinajstić information content (AvgIpc) is 2.53. The molecule has 0 unspecified atom stereocenters. The van der Waals surface area contributed by atoms with E-state index in [0.29, 0.717) is 0 Å². The van der Waals surface area contributed by atoms with Gasteiger partial charge in [0.05, 0.1) is 0 Å². The van der Waals surface area contributed by atoms with Gasteiger partial charge in [0.25, 0.3) is 0 Å². The maximum Gasteiger partial charge on any atom is 0.223 e. The van der Waals surface area contributed by atoms with Crippen LogP contribution in [-0.2, 0) is 6.54 Å². The summed E-state index contributed by atoms with van der Waals surface area (Å²) in [4.78, 5) is 19.5. The Kier molecular flexibility index (Phi) is 4.84. The normalized spacial score (nSPS) is 23.0. The molecule has 0 radical (unpaired) electrons. The van der Waals surface area contributed by atoms with Gasteiger partial charge in [0.15, 0.2) is 5.75 Å². The van der Waals surface area contributed by atoms with Crippen LogP contribution in [0, 0.1) is 5.92 Å². The molecule has 1 aromatic heterocycles. The van der Waals surface area contributed by atoms with Gasteiger partial charge in [-0.2, -0.15) is 0 Å². The molecule has 5 nitrogen and oxygen atoms in total. The molecule has 122 valence electrons. The van der Waals surface area contributed by atoms with Crippen molar-refractivity contribution in [2.24, 2.45) is 5.92 Å². The van der Waals surface area contributed by atoms with Crippen molar-refractivity contribution in [1.29, 1.82) is 0 Å². The summed E-state index contributed by atoms with van der Waals surface area (Å²) in [7, 11) is 0. The first-order valence-corrected chi connectivity index (χ1v) is 8.49. The molecule has 0 saturated carbocycles. The molecule has 0 aliphatic carbocycles. The topological polar surface area (TPSA) is 59.6 Å². The van der Waals surface area contributed by atoms with E-state index in [2.05, 4.69) is 21.7 Å². The summed E-state index contributed by atoms with van der Waals surface area (Å²) in [6.07, 6.45) is 6.51. The fourth-order valence-corrected chi connectivity index (χ4v) is 3.67.